The average molecular weight is 528 g/mol. The van der Waals surface area contributed by atoms with Gasteiger partial charge in [-0.25, -0.2) is 0 Å². The SMILES string of the molecule is COc1ccc(COc2ccc(-c3nnc(CNC(=O)C(=O)CCCCCCc4ccccc4)o3)cc2)cc1. The Kier molecular flexibility index (Phi) is 10.2. The topological polar surface area (TPSA) is 104 Å². The quantitative estimate of drug-likeness (QED) is 0.156. The maximum atomic E-state index is 12.2. The molecule has 0 spiro atoms. The predicted molar refractivity (Wildman–Crippen MR) is 147 cm³/mol. The van der Waals surface area contributed by atoms with Gasteiger partial charge in [0.2, 0.25) is 17.6 Å². The third-order valence-electron chi connectivity index (χ3n) is 6.25. The summed E-state index contributed by atoms with van der Waals surface area (Å²) >= 11 is 0. The highest BCUT2D eigenvalue weighted by Gasteiger charge is 2.15. The van der Waals surface area contributed by atoms with E-state index in [1.165, 1.54) is 5.56 Å². The Morgan fingerprint density at radius 1 is 0.795 bits per heavy atom. The third kappa shape index (κ3) is 8.81. The van der Waals surface area contributed by atoms with Gasteiger partial charge in [-0.1, -0.05) is 55.3 Å². The van der Waals surface area contributed by atoms with E-state index in [-0.39, 0.29) is 18.9 Å². The molecule has 8 nitrogen and oxygen atoms in total. The number of amides is 1. The maximum Gasteiger partial charge on any atom is 0.287 e. The van der Waals surface area contributed by atoms with E-state index in [1.807, 2.05) is 66.7 Å². The van der Waals surface area contributed by atoms with Crippen molar-refractivity contribution in [2.75, 3.05) is 7.11 Å². The van der Waals surface area contributed by atoms with Gasteiger partial charge in [0.15, 0.2) is 0 Å². The van der Waals surface area contributed by atoms with Crippen molar-refractivity contribution in [1.29, 1.82) is 0 Å². The molecular formula is C31H33N3O5. The van der Waals surface area contributed by atoms with Crippen LogP contribution in [0.4, 0.5) is 0 Å². The second-order valence-electron chi connectivity index (χ2n) is 9.17. The van der Waals surface area contributed by atoms with Crippen LogP contribution in [0.25, 0.3) is 11.5 Å². The number of benzene rings is 3. The van der Waals surface area contributed by atoms with Crippen molar-refractivity contribution in [2.45, 2.75) is 51.7 Å². The van der Waals surface area contributed by atoms with Gasteiger partial charge in [0, 0.05) is 12.0 Å². The van der Waals surface area contributed by atoms with Crippen molar-refractivity contribution in [3.63, 3.8) is 0 Å². The summed E-state index contributed by atoms with van der Waals surface area (Å²) < 4.78 is 16.6. The molecule has 0 atom stereocenters. The Morgan fingerprint density at radius 3 is 2.26 bits per heavy atom. The molecule has 4 aromatic rings. The number of aromatic nitrogens is 2. The van der Waals surface area contributed by atoms with Gasteiger partial charge in [-0.2, -0.15) is 0 Å². The molecule has 1 amide bonds. The number of hydrogen-bond donors (Lipinski definition) is 1. The summed E-state index contributed by atoms with van der Waals surface area (Å²) in [6, 6.07) is 25.3. The van der Waals surface area contributed by atoms with Crippen LogP contribution in [-0.2, 0) is 29.2 Å². The lowest BCUT2D eigenvalue weighted by atomic mass is 10.0. The Balaban J connectivity index is 1.14. The molecule has 1 aromatic heterocycles. The summed E-state index contributed by atoms with van der Waals surface area (Å²) in [7, 11) is 1.63. The number of carbonyl (C=O) groups is 2. The molecule has 8 heteroatoms. The lowest BCUT2D eigenvalue weighted by Gasteiger charge is -2.07. The highest BCUT2D eigenvalue weighted by Crippen LogP contribution is 2.22. The zero-order chi connectivity index (χ0) is 27.3. The smallest absolute Gasteiger partial charge is 0.287 e. The molecule has 0 saturated carbocycles. The van der Waals surface area contributed by atoms with Gasteiger partial charge in [-0.05, 0) is 66.8 Å². The summed E-state index contributed by atoms with van der Waals surface area (Å²) in [4.78, 5) is 24.3. The van der Waals surface area contributed by atoms with Gasteiger partial charge >= 0.3 is 0 Å². The molecule has 1 N–H and O–H groups in total. The van der Waals surface area contributed by atoms with Gasteiger partial charge in [-0.3, -0.25) is 9.59 Å². The summed E-state index contributed by atoms with van der Waals surface area (Å²) in [5.74, 6) is 1.00. The minimum Gasteiger partial charge on any atom is -0.497 e. The van der Waals surface area contributed by atoms with E-state index < -0.39 is 11.7 Å². The molecule has 39 heavy (non-hydrogen) atoms. The molecule has 4 rings (SSSR count). The first-order valence-electron chi connectivity index (χ1n) is 13.1. The van der Waals surface area contributed by atoms with Crippen molar-refractivity contribution in [3.05, 3.63) is 95.9 Å². The van der Waals surface area contributed by atoms with Crippen molar-refractivity contribution >= 4 is 11.7 Å². The number of ether oxygens (including phenoxy) is 2. The standard InChI is InChI=1S/C31H33N3O5/c1-37-26-17-13-24(14-18-26)22-38-27-19-15-25(16-20-27)31-34-33-29(39-31)21-32-30(36)28(35)12-8-3-2-5-9-23-10-6-4-7-11-23/h4,6-7,10-11,13-20H,2-3,5,8-9,12,21-22H2,1H3,(H,32,36). The molecular weight excluding hydrogens is 494 g/mol. The fraction of sp³-hybridized carbons (Fsp3) is 0.290. The molecule has 0 aliphatic heterocycles. The minimum absolute atomic E-state index is 0.00228. The normalized spacial score (nSPS) is 10.7. The molecule has 0 bridgehead atoms. The number of Topliss-reactive ketones (excluding diaryl/α,β-unsaturated/α-hetero) is 1. The fourth-order valence-electron chi connectivity index (χ4n) is 4.00. The molecule has 0 unspecified atom stereocenters. The largest absolute Gasteiger partial charge is 0.497 e. The number of methoxy groups -OCH3 is 1. The number of ketones is 1. The van der Waals surface area contributed by atoms with Crippen molar-refractivity contribution < 1.29 is 23.5 Å². The van der Waals surface area contributed by atoms with Gasteiger partial charge in [0.05, 0.1) is 13.7 Å². The lowest BCUT2D eigenvalue weighted by molar-refractivity contribution is -0.138. The average Bonchev–Trinajstić information content (AvgIpc) is 3.46. The minimum atomic E-state index is -0.627. The zero-order valence-corrected chi connectivity index (χ0v) is 22.1. The molecule has 0 aliphatic carbocycles. The number of unbranched alkanes of at least 4 members (excludes halogenated alkanes) is 3. The summed E-state index contributed by atoms with van der Waals surface area (Å²) in [6.07, 6.45) is 4.99. The van der Waals surface area contributed by atoms with Crippen LogP contribution < -0.4 is 14.8 Å². The van der Waals surface area contributed by atoms with Crippen molar-refractivity contribution in [2.24, 2.45) is 0 Å². The first kappa shape index (κ1) is 27.6. The van der Waals surface area contributed by atoms with Gasteiger partial charge in [0.1, 0.15) is 18.1 Å². The van der Waals surface area contributed by atoms with E-state index >= 15 is 0 Å². The van der Waals surface area contributed by atoms with Crippen LogP contribution in [0.2, 0.25) is 0 Å². The number of nitrogens with zero attached hydrogens (tertiary/aromatic N) is 2. The lowest BCUT2D eigenvalue weighted by Crippen LogP contribution is -2.30. The van der Waals surface area contributed by atoms with Crippen LogP contribution in [0.5, 0.6) is 11.5 Å². The predicted octanol–water partition coefficient (Wildman–Crippen LogP) is 5.70. The van der Waals surface area contributed by atoms with E-state index in [1.54, 1.807) is 7.11 Å². The van der Waals surface area contributed by atoms with Crippen LogP contribution in [0.1, 0.15) is 49.1 Å². The molecule has 1 heterocycles. The zero-order valence-electron chi connectivity index (χ0n) is 22.1. The Labute approximate surface area is 228 Å². The molecule has 0 fully saturated rings. The summed E-state index contributed by atoms with van der Waals surface area (Å²) in [5, 5.41) is 10.6. The number of hydrogen-bond acceptors (Lipinski definition) is 7. The van der Waals surface area contributed by atoms with Gasteiger partial charge < -0.3 is 19.2 Å². The second-order valence-corrected chi connectivity index (χ2v) is 9.17. The monoisotopic (exact) mass is 527 g/mol. The Bertz CT molecular complexity index is 1320. The van der Waals surface area contributed by atoms with Crippen LogP contribution in [0.3, 0.4) is 0 Å². The van der Waals surface area contributed by atoms with E-state index in [4.69, 9.17) is 13.9 Å². The van der Waals surface area contributed by atoms with E-state index in [0.29, 0.717) is 24.7 Å². The highest BCUT2D eigenvalue weighted by molar-refractivity contribution is 6.36. The third-order valence-corrected chi connectivity index (χ3v) is 6.25. The first-order chi connectivity index (χ1) is 19.1. The fourth-order valence-corrected chi connectivity index (χ4v) is 4.00. The Hall–Kier alpha value is -4.46. The van der Waals surface area contributed by atoms with E-state index in [2.05, 4.69) is 27.6 Å². The van der Waals surface area contributed by atoms with Crippen LogP contribution >= 0.6 is 0 Å². The highest BCUT2D eigenvalue weighted by atomic mass is 16.5. The van der Waals surface area contributed by atoms with Crippen molar-refractivity contribution in [1.82, 2.24) is 15.5 Å². The number of nitrogens with one attached hydrogen (secondary N) is 1. The molecule has 0 radical (unpaired) electrons. The summed E-state index contributed by atoms with van der Waals surface area (Å²) in [5.41, 5.74) is 3.07. The van der Waals surface area contributed by atoms with Crippen molar-refractivity contribution in [3.8, 4) is 23.0 Å². The Morgan fingerprint density at radius 2 is 1.51 bits per heavy atom. The summed E-state index contributed by atoms with van der Waals surface area (Å²) in [6.45, 7) is 0.429. The first-order valence-corrected chi connectivity index (χ1v) is 13.1. The molecule has 0 aliphatic rings. The van der Waals surface area contributed by atoms with E-state index in [0.717, 1.165) is 42.6 Å². The van der Waals surface area contributed by atoms with Gasteiger partial charge in [0.25, 0.3) is 5.91 Å². The second kappa shape index (κ2) is 14.5. The maximum absolute atomic E-state index is 12.2. The number of rotatable bonds is 15. The van der Waals surface area contributed by atoms with E-state index in [9.17, 15) is 9.59 Å². The number of aryl methyl sites for hydroxylation is 1. The van der Waals surface area contributed by atoms with Gasteiger partial charge in [-0.15, -0.1) is 10.2 Å². The van der Waals surface area contributed by atoms with Crippen LogP contribution in [-0.4, -0.2) is 29.0 Å². The molecule has 202 valence electrons. The molecule has 0 saturated heterocycles. The van der Waals surface area contributed by atoms with Crippen LogP contribution in [0.15, 0.2) is 83.3 Å². The molecule has 3 aromatic carbocycles. The van der Waals surface area contributed by atoms with Crippen LogP contribution in [0, 0.1) is 0 Å². The number of carbonyl (C=O) groups excluding carboxylic acids is 2.